The zero-order valence-corrected chi connectivity index (χ0v) is 10.8. The van der Waals surface area contributed by atoms with Crippen molar-refractivity contribution in [2.75, 3.05) is 6.54 Å². The predicted molar refractivity (Wildman–Crippen MR) is 68.7 cm³/mol. The maximum absolute atomic E-state index is 11.3. The molecule has 1 aliphatic heterocycles. The van der Waals surface area contributed by atoms with Crippen LogP contribution in [-0.4, -0.2) is 23.4 Å². The Hall–Kier alpha value is -1.33. The smallest absolute Gasteiger partial charge is 0.300 e. The quantitative estimate of drug-likeness (QED) is 0.485. The van der Waals surface area contributed by atoms with Gasteiger partial charge in [0.05, 0.1) is 6.54 Å². The van der Waals surface area contributed by atoms with E-state index in [1.165, 1.54) is 19.3 Å². The maximum atomic E-state index is 11.3. The molecule has 3 N–H and O–H groups in total. The summed E-state index contributed by atoms with van der Waals surface area (Å²) in [5, 5.41) is 0. The molecule has 0 saturated carbocycles. The molecule has 1 atom stereocenters. The molecule has 1 aromatic rings. The molecule has 1 unspecified atom stereocenters. The molecule has 18 heavy (non-hydrogen) atoms. The average molecular weight is 251 g/mol. The number of nitrogens with two attached hydrogens (primary N) is 1. The Kier molecular flexibility index (Phi) is 4.38. The van der Waals surface area contributed by atoms with Crippen molar-refractivity contribution in [3.63, 3.8) is 0 Å². The van der Waals surface area contributed by atoms with Crippen LogP contribution in [0.25, 0.3) is 0 Å². The number of nitrogens with zero attached hydrogens (tertiary/aromatic N) is 1. The van der Waals surface area contributed by atoms with Gasteiger partial charge in [0.1, 0.15) is 5.76 Å². The zero-order chi connectivity index (χ0) is 13.0. The molecule has 1 saturated heterocycles. The molecule has 1 aromatic heterocycles. The number of piperidine rings is 1. The highest BCUT2D eigenvalue weighted by atomic mass is 16.4. The first kappa shape index (κ1) is 13.1. The van der Waals surface area contributed by atoms with E-state index in [0.29, 0.717) is 6.04 Å². The topological polar surface area (TPSA) is 71.5 Å². The van der Waals surface area contributed by atoms with Gasteiger partial charge in [0.2, 0.25) is 0 Å². The fourth-order valence-electron chi connectivity index (χ4n) is 2.59. The number of amides is 1. The van der Waals surface area contributed by atoms with Crippen molar-refractivity contribution in [2.45, 2.75) is 45.2 Å². The first-order valence-corrected chi connectivity index (χ1v) is 6.58. The van der Waals surface area contributed by atoms with E-state index in [1.807, 2.05) is 6.07 Å². The number of hydrogen-bond donors (Lipinski definition) is 2. The molecule has 2 heterocycles. The minimum Gasteiger partial charge on any atom is -0.455 e. The molecule has 100 valence electrons. The second kappa shape index (κ2) is 6.02. The lowest BCUT2D eigenvalue weighted by atomic mass is 10.00. The number of nitrogen functional groups attached to an aromatic ring is 1. The fraction of sp³-hybridized carbons (Fsp3) is 0.615. The van der Waals surface area contributed by atoms with Gasteiger partial charge in [-0.3, -0.25) is 15.1 Å². The lowest BCUT2D eigenvalue weighted by Gasteiger charge is -2.34. The molecular formula is C13H21N3O2. The number of likely N-dealkylation sites (tertiary alicyclic amines) is 1. The largest absolute Gasteiger partial charge is 0.455 e. The summed E-state index contributed by atoms with van der Waals surface area (Å²) in [6, 6.07) is 4.16. The van der Waals surface area contributed by atoms with Crippen molar-refractivity contribution < 1.29 is 9.21 Å². The van der Waals surface area contributed by atoms with Crippen molar-refractivity contribution in [2.24, 2.45) is 5.84 Å². The Balaban J connectivity index is 1.99. The van der Waals surface area contributed by atoms with Crippen LogP contribution >= 0.6 is 0 Å². The third-order valence-corrected chi connectivity index (χ3v) is 3.60. The van der Waals surface area contributed by atoms with Crippen LogP contribution in [-0.2, 0) is 6.54 Å². The molecule has 0 aliphatic carbocycles. The number of carbonyl (C=O) groups is 1. The summed E-state index contributed by atoms with van der Waals surface area (Å²) in [6.45, 7) is 4.10. The molecule has 1 aliphatic rings. The Morgan fingerprint density at radius 2 is 2.39 bits per heavy atom. The molecule has 1 amide bonds. The van der Waals surface area contributed by atoms with Gasteiger partial charge in [-0.15, -0.1) is 0 Å². The highest BCUT2D eigenvalue weighted by Gasteiger charge is 2.22. The Bertz CT molecular complexity index is 403. The van der Waals surface area contributed by atoms with E-state index in [-0.39, 0.29) is 11.7 Å². The average Bonchev–Trinajstić information content (AvgIpc) is 2.87. The molecular weight excluding hydrogens is 230 g/mol. The lowest BCUT2D eigenvalue weighted by Crippen LogP contribution is -2.38. The normalized spacial score (nSPS) is 20.9. The summed E-state index contributed by atoms with van der Waals surface area (Å²) in [5.74, 6) is 5.79. The van der Waals surface area contributed by atoms with Gasteiger partial charge >= 0.3 is 5.91 Å². The molecule has 0 radical (unpaired) electrons. The van der Waals surface area contributed by atoms with E-state index in [2.05, 4.69) is 17.2 Å². The van der Waals surface area contributed by atoms with Gasteiger partial charge in [-0.05, 0) is 37.9 Å². The van der Waals surface area contributed by atoms with Crippen LogP contribution in [0.4, 0.5) is 0 Å². The van der Waals surface area contributed by atoms with E-state index in [9.17, 15) is 4.79 Å². The second-order valence-corrected chi connectivity index (χ2v) is 4.77. The van der Waals surface area contributed by atoms with Crippen LogP contribution < -0.4 is 11.3 Å². The SMILES string of the molecule is CCC1CCCCN1Cc1ccc(C(=O)NN)o1. The van der Waals surface area contributed by atoms with Crippen LogP contribution in [0.15, 0.2) is 16.5 Å². The number of nitrogens with one attached hydrogen (secondary N) is 1. The van der Waals surface area contributed by atoms with E-state index in [0.717, 1.165) is 25.3 Å². The Morgan fingerprint density at radius 1 is 1.56 bits per heavy atom. The third-order valence-electron chi connectivity index (χ3n) is 3.60. The van der Waals surface area contributed by atoms with Crippen molar-refractivity contribution in [3.05, 3.63) is 23.7 Å². The molecule has 5 nitrogen and oxygen atoms in total. The van der Waals surface area contributed by atoms with Crippen molar-refractivity contribution >= 4 is 5.91 Å². The summed E-state index contributed by atoms with van der Waals surface area (Å²) in [5.41, 5.74) is 2.07. The second-order valence-electron chi connectivity index (χ2n) is 4.77. The zero-order valence-electron chi connectivity index (χ0n) is 10.8. The first-order chi connectivity index (χ1) is 8.74. The van der Waals surface area contributed by atoms with Gasteiger partial charge in [0, 0.05) is 6.04 Å². The lowest BCUT2D eigenvalue weighted by molar-refractivity contribution is 0.0915. The molecule has 0 spiro atoms. The molecule has 5 heteroatoms. The molecule has 0 aromatic carbocycles. The van der Waals surface area contributed by atoms with Gasteiger partial charge in [0.25, 0.3) is 0 Å². The highest BCUT2D eigenvalue weighted by Crippen LogP contribution is 2.22. The first-order valence-electron chi connectivity index (χ1n) is 6.58. The van der Waals surface area contributed by atoms with Gasteiger partial charge in [-0.2, -0.15) is 0 Å². The molecule has 1 fully saturated rings. The minimum absolute atomic E-state index is 0.276. The summed E-state index contributed by atoms with van der Waals surface area (Å²) >= 11 is 0. The predicted octanol–water partition coefficient (Wildman–Crippen LogP) is 1.65. The van der Waals surface area contributed by atoms with Gasteiger partial charge in [0.15, 0.2) is 5.76 Å². The highest BCUT2D eigenvalue weighted by molar-refractivity contribution is 5.90. The van der Waals surface area contributed by atoms with Gasteiger partial charge < -0.3 is 4.42 Å². The number of rotatable bonds is 4. The van der Waals surface area contributed by atoms with E-state index < -0.39 is 0 Å². The van der Waals surface area contributed by atoms with Crippen LogP contribution in [0.3, 0.4) is 0 Å². The minimum atomic E-state index is -0.382. The van der Waals surface area contributed by atoms with Crippen LogP contribution in [0.5, 0.6) is 0 Å². The van der Waals surface area contributed by atoms with Crippen molar-refractivity contribution in [1.82, 2.24) is 10.3 Å². The summed E-state index contributed by atoms with van der Waals surface area (Å²) in [4.78, 5) is 13.7. The van der Waals surface area contributed by atoms with Crippen LogP contribution in [0.1, 0.15) is 48.9 Å². The van der Waals surface area contributed by atoms with Crippen molar-refractivity contribution in [3.8, 4) is 0 Å². The number of hydrazine groups is 1. The maximum Gasteiger partial charge on any atom is 0.300 e. The van der Waals surface area contributed by atoms with Gasteiger partial charge in [-0.1, -0.05) is 13.3 Å². The summed E-state index contributed by atoms with van der Waals surface area (Å²) < 4.78 is 5.50. The standard InChI is InChI=1S/C13H21N3O2/c1-2-10-5-3-4-8-16(10)9-11-6-7-12(18-11)13(17)15-14/h6-7,10H,2-5,8-9,14H2,1H3,(H,15,17). The Labute approximate surface area is 107 Å². The molecule has 2 rings (SSSR count). The fourth-order valence-corrected chi connectivity index (χ4v) is 2.59. The molecule has 0 bridgehead atoms. The number of carbonyl (C=O) groups excluding carboxylic acids is 1. The summed E-state index contributed by atoms with van der Waals surface area (Å²) in [7, 11) is 0. The summed E-state index contributed by atoms with van der Waals surface area (Å²) in [6.07, 6.45) is 4.98. The van der Waals surface area contributed by atoms with Crippen LogP contribution in [0.2, 0.25) is 0 Å². The number of hydrogen-bond acceptors (Lipinski definition) is 4. The van der Waals surface area contributed by atoms with E-state index in [4.69, 9.17) is 10.3 Å². The van der Waals surface area contributed by atoms with E-state index in [1.54, 1.807) is 6.07 Å². The van der Waals surface area contributed by atoms with Crippen molar-refractivity contribution in [1.29, 1.82) is 0 Å². The van der Waals surface area contributed by atoms with E-state index >= 15 is 0 Å². The van der Waals surface area contributed by atoms with Crippen LogP contribution in [0, 0.1) is 0 Å². The Morgan fingerprint density at radius 3 is 3.11 bits per heavy atom. The number of furan rings is 1. The van der Waals surface area contributed by atoms with Gasteiger partial charge in [-0.25, -0.2) is 5.84 Å². The monoisotopic (exact) mass is 251 g/mol. The third kappa shape index (κ3) is 2.91.